The Bertz CT molecular complexity index is 2170. The maximum absolute atomic E-state index is 10.9. The van der Waals surface area contributed by atoms with Gasteiger partial charge in [0.05, 0.1) is 5.02 Å². The van der Waals surface area contributed by atoms with Crippen LogP contribution in [-0.4, -0.2) is 38.7 Å². The van der Waals surface area contributed by atoms with E-state index in [1.807, 2.05) is 67.4 Å². The van der Waals surface area contributed by atoms with Gasteiger partial charge in [0.15, 0.2) is 0 Å². The summed E-state index contributed by atoms with van der Waals surface area (Å²) in [6, 6.07) is 28.5. The Morgan fingerprint density at radius 1 is 0.653 bits per heavy atom. The van der Waals surface area contributed by atoms with Crippen molar-refractivity contribution in [3.8, 4) is 28.7 Å². The Morgan fingerprint density at radius 3 is 2.12 bits per heavy atom. The van der Waals surface area contributed by atoms with Crippen molar-refractivity contribution in [3.63, 3.8) is 0 Å². The predicted molar refractivity (Wildman–Crippen MR) is 201 cm³/mol. The largest absolute Gasteiger partial charge is 0.508 e. The molecule has 0 heterocycles. The number of hydrogen-bond acceptors (Lipinski definition) is 6. The fourth-order valence-electron chi connectivity index (χ4n) is 6.32. The second-order valence-electron chi connectivity index (χ2n) is 12.4. The molecule has 3 N–H and O–H groups in total. The molecule has 0 saturated heterocycles. The van der Waals surface area contributed by atoms with Crippen LogP contribution in [-0.2, 0) is 26.2 Å². The van der Waals surface area contributed by atoms with E-state index in [4.69, 9.17) is 39.5 Å². The lowest BCUT2D eigenvalue weighted by molar-refractivity contribution is 0.265. The summed E-state index contributed by atoms with van der Waals surface area (Å²) in [7, 11) is 1.90. The van der Waals surface area contributed by atoms with Crippen LogP contribution in [0.2, 0.25) is 15.1 Å². The smallest absolute Gasteiger partial charge is 0.138 e. The minimum absolute atomic E-state index is 0.00493. The maximum Gasteiger partial charge on any atom is 0.138 e. The average Bonchev–Trinajstić information content (AvgIpc) is 3.07. The van der Waals surface area contributed by atoms with E-state index in [1.54, 1.807) is 18.2 Å². The van der Waals surface area contributed by atoms with Gasteiger partial charge in [0.2, 0.25) is 0 Å². The molecular weight excluding hydrogens is 679 g/mol. The molecule has 0 aliphatic carbocycles. The first-order valence-corrected chi connectivity index (χ1v) is 17.1. The molecule has 0 saturated carbocycles. The molecule has 0 aromatic heterocycles. The number of halogens is 3. The van der Waals surface area contributed by atoms with Crippen molar-refractivity contribution < 1.29 is 20.1 Å². The fourth-order valence-corrected chi connectivity index (χ4v) is 7.15. The highest BCUT2D eigenvalue weighted by molar-refractivity contribution is 6.35. The van der Waals surface area contributed by atoms with E-state index in [0.29, 0.717) is 47.5 Å². The van der Waals surface area contributed by atoms with Gasteiger partial charge < -0.3 is 20.1 Å². The van der Waals surface area contributed by atoms with Gasteiger partial charge in [-0.1, -0.05) is 84.2 Å². The highest BCUT2D eigenvalue weighted by Gasteiger charge is 2.18. The number of phenols is 3. The van der Waals surface area contributed by atoms with Crippen molar-refractivity contribution in [2.24, 2.45) is 0 Å². The Hall–Kier alpha value is -4.17. The number of aryl methyl sites for hydroxylation is 1. The molecule has 0 aliphatic heterocycles. The first-order valence-electron chi connectivity index (χ1n) is 16.0. The van der Waals surface area contributed by atoms with Crippen molar-refractivity contribution in [2.45, 2.75) is 40.0 Å². The molecule has 49 heavy (non-hydrogen) atoms. The minimum Gasteiger partial charge on any atom is -0.508 e. The van der Waals surface area contributed by atoms with Crippen LogP contribution in [0.3, 0.4) is 0 Å². The monoisotopic (exact) mass is 714 g/mol. The highest BCUT2D eigenvalue weighted by Crippen LogP contribution is 2.37. The Kier molecular flexibility index (Phi) is 10.4. The summed E-state index contributed by atoms with van der Waals surface area (Å²) < 4.78 is 6.63. The summed E-state index contributed by atoms with van der Waals surface area (Å²) >= 11 is 18.7. The van der Waals surface area contributed by atoms with Gasteiger partial charge in [-0.2, -0.15) is 0 Å². The zero-order valence-electron chi connectivity index (χ0n) is 27.5. The summed E-state index contributed by atoms with van der Waals surface area (Å²) in [5.41, 5.74) is 3.92. The molecule has 0 radical (unpaired) electrons. The number of benzene rings is 6. The fraction of sp³-hybridized carbons (Fsp3) is 0.200. The third kappa shape index (κ3) is 7.70. The Labute approximate surface area is 301 Å². The Morgan fingerprint density at radius 2 is 1.35 bits per heavy atom. The molecule has 0 aliphatic rings. The number of ether oxygens (including phenoxy) is 1. The average molecular weight is 716 g/mol. The quantitative estimate of drug-likeness (QED) is 0.124. The first-order chi connectivity index (χ1) is 23.5. The van der Waals surface area contributed by atoms with Crippen molar-refractivity contribution in [3.05, 3.63) is 134 Å². The van der Waals surface area contributed by atoms with Gasteiger partial charge in [-0.15, -0.1) is 0 Å². The molecule has 0 atom stereocenters. The third-order valence-corrected chi connectivity index (χ3v) is 9.57. The number of aromatic hydroxyl groups is 3. The van der Waals surface area contributed by atoms with Gasteiger partial charge in [0, 0.05) is 58.5 Å². The molecule has 6 aromatic carbocycles. The second-order valence-corrected chi connectivity index (χ2v) is 13.7. The summed E-state index contributed by atoms with van der Waals surface area (Å²) in [6.07, 6.45) is 0. The molecular formula is C40H37Cl3N2O4. The standard InChI is InChI=1S/C40H37Cl3N2O4/c1-4-45(21-28-17-29(41)15-24(2)39(28)47)23-35-32-8-6-5-7-25(32)10-14-38(35)49-31-11-12-33-26(18-31)9-13-37(46)34(33)22-44(3)20-27-16-30(42)19-36(43)40(27)48/h5-19,46-48H,4,20-23H2,1-3H3. The number of phenolic OH excluding ortho intramolecular Hbond substituents is 3. The van der Waals surface area contributed by atoms with E-state index in [2.05, 4.69) is 30.0 Å². The highest BCUT2D eigenvalue weighted by atomic mass is 35.5. The van der Waals surface area contributed by atoms with Crippen LogP contribution in [0.1, 0.15) is 34.7 Å². The number of fused-ring (bicyclic) bond motifs is 2. The van der Waals surface area contributed by atoms with Gasteiger partial charge in [0.1, 0.15) is 28.7 Å². The molecule has 0 fully saturated rings. The molecule has 6 aromatic rings. The topological polar surface area (TPSA) is 76.4 Å². The third-order valence-electron chi connectivity index (χ3n) is 8.85. The van der Waals surface area contributed by atoms with Gasteiger partial charge in [-0.05, 0) is 96.2 Å². The molecule has 252 valence electrons. The normalized spacial score (nSPS) is 11.7. The van der Waals surface area contributed by atoms with Gasteiger partial charge in [-0.3, -0.25) is 9.80 Å². The molecule has 6 rings (SSSR count). The molecule has 9 heteroatoms. The van der Waals surface area contributed by atoms with Gasteiger partial charge >= 0.3 is 0 Å². The van der Waals surface area contributed by atoms with E-state index in [1.165, 1.54) is 6.07 Å². The van der Waals surface area contributed by atoms with E-state index < -0.39 is 0 Å². The number of nitrogens with zero attached hydrogens (tertiary/aromatic N) is 2. The van der Waals surface area contributed by atoms with Gasteiger partial charge in [0.25, 0.3) is 0 Å². The van der Waals surface area contributed by atoms with Crippen molar-refractivity contribution in [1.29, 1.82) is 0 Å². The van der Waals surface area contributed by atoms with Crippen LogP contribution in [0.5, 0.6) is 28.7 Å². The van der Waals surface area contributed by atoms with E-state index in [0.717, 1.165) is 56.1 Å². The number of rotatable bonds is 11. The summed E-state index contributed by atoms with van der Waals surface area (Å²) in [6.45, 7) is 6.59. The predicted octanol–water partition coefficient (Wildman–Crippen LogP) is 10.8. The summed E-state index contributed by atoms with van der Waals surface area (Å²) in [4.78, 5) is 4.23. The van der Waals surface area contributed by atoms with Crippen LogP contribution in [0, 0.1) is 6.92 Å². The van der Waals surface area contributed by atoms with Crippen molar-refractivity contribution in [2.75, 3.05) is 13.6 Å². The van der Waals surface area contributed by atoms with E-state index in [9.17, 15) is 15.3 Å². The maximum atomic E-state index is 10.9. The van der Waals surface area contributed by atoms with Crippen LogP contribution in [0.4, 0.5) is 0 Å². The molecule has 0 unspecified atom stereocenters. The van der Waals surface area contributed by atoms with Crippen LogP contribution in [0.15, 0.2) is 91.0 Å². The molecule has 0 bridgehead atoms. The molecule has 0 spiro atoms. The van der Waals surface area contributed by atoms with Crippen LogP contribution >= 0.6 is 34.8 Å². The molecule has 0 amide bonds. The summed E-state index contributed by atoms with van der Waals surface area (Å²) in [5, 5.41) is 37.4. The van der Waals surface area contributed by atoms with Crippen LogP contribution in [0.25, 0.3) is 21.5 Å². The lowest BCUT2D eigenvalue weighted by Crippen LogP contribution is -2.23. The zero-order chi connectivity index (χ0) is 34.8. The zero-order valence-corrected chi connectivity index (χ0v) is 29.7. The SMILES string of the molecule is CCN(Cc1cc(Cl)cc(C)c1O)Cc1c(Oc2ccc3c(CN(C)Cc4cc(Cl)cc(Cl)c4O)c(O)ccc3c2)ccc2ccccc12. The van der Waals surface area contributed by atoms with Crippen molar-refractivity contribution >= 4 is 56.3 Å². The lowest BCUT2D eigenvalue weighted by atomic mass is 10.0. The second kappa shape index (κ2) is 14.8. The van der Waals surface area contributed by atoms with Crippen molar-refractivity contribution in [1.82, 2.24) is 9.80 Å². The van der Waals surface area contributed by atoms with E-state index >= 15 is 0 Å². The first kappa shape index (κ1) is 34.7. The number of hydrogen-bond donors (Lipinski definition) is 3. The minimum atomic E-state index is -0.00493. The summed E-state index contributed by atoms with van der Waals surface area (Å²) in [5.74, 6) is 1.84. The van der Waals surface area contributed by atoms with Gasteiger partial charge in [-0.25, -0.2) is 0 Å². The van der Waals surface area contributed by atoms with Crippen LogP contribution < -0.4 is 4.74 Å². The molecule has 6 nitrogen and oxygen atoms in total. The van der Waals surface area contributed by atoms with E-state index in [-0.39, 0.29) is 22.3 Å². The lowest BCUT2D eigenvalue weighted by Gasteiger charge is -2.24. The Balaban J connectivity index is 1.29.